The first-order valence-corrected chi connectivity index (χ1v) is 2.33. The van der Waals surface area contributed by atoms with Crippen molar-refractivity contribution in [3.63, 3.8) is 0 Å². The summed E-state index contributed by atoms with van der Waals surface area (Å²) in [5.41, 5.74) is 0. The molecule has 0 bridgehead atoms. The van der Waals surface area contributed by atoms with E-state index in [0.717, 1.165) is 13.2 Å². The molecule has 0 atom stereocenters. The molecule has 0 saturated heterocycles. The van der Waals surface area contributed by atoms with Gasteiger partial charge in [0.25, 0.3) is 0 Å². The Labute approximate surface area is 43.8 Å². The van der Waals surface area contributed by atoms with Crippen molar-refractivity contribution in [2.45, 2.75) is 0 Å². The number of hydrogen-bond donors (Lipinski definition) is 1. The monoisotopic (exact) mass is 97.1 g/mol. The van der Waals surface area contributed by atoms with Gasteiger partial charge in [-0.15, -0.1) is 0 Å². The second kappa shape index (κ2) is 1.98. The quantitative estimate of drug-likeness (QED) is 0.463. The van der Waals surface area contributed by atoms with E-state index in [1.54, 1.807) is 0 Å². The van der Waals surface area contributed by atoms with Crippen molar-refractivity contribution in [1.82, 2.24) is 10.2 Å². The van der Waals surface area contributed by atoms with Gasteiger partial charge in [0.05, 0.1) is 6.67 Å². The van der Waals surface area contributed by atoms with Crippen molar-refractivity contribution in [2.24, 2.45) is 0 Å². The van der Waals surface area contributed by atoms with Gasteiger partial charge in [0.2, 0.25) is 0 Å². The lowest BCUT2D eigenvalue weighted by atomic mass is 10.5. The van der Waals surface area contributed by atoms with Crippen LogP contribution >= 0.6 is 0 Å². The molecule has 0 aromatic rings. The summed E-state index contributed by atoms with van der Waals surface area (Å²) >= 11 is 0. The minimum absolute atomic E-state index is 0.872. The third-order valence-electron chi connectivity index (χ3n) is 0.914. The van der Waals surface area contributed by atoms with Gasteiger partial charge in [-0.2, -0.15) is 0 Å². The van der Waals surface area contributed by atoms with E-state index in [2.05, 4.69) is 12.4 Å². The minimum atomic E-state index is 0.872. The lowest BCUT2D eigenvalue weighted by molar-refractivity contribution is 0.378. The van der Waals surface area contributed by atoms with Gasteiger partial charge in [-0.3, -0.25) is 4.90 Å². The molecule has 1 radical (unpaired) electrons. The van der Waals surface area contributed by atoms with Gasteiger partial charge < -0.3 is 5.32 Å². The van der Waals surface area contributed by atoms with E-state index in [9.17, 15) is 0 Å². The zero-order valence-corrected chi connectivity index (χ0v) is 4.22. The van der Waals surface area contributed by atoms with Crippen molar-refractivity contribution in [1.29, 1.82) is 0 Å². The first-order valence-electron chi connectivity index (χ1n) is 2.33. The Morgan fingerprint density at radius 2 is 2.57 bits per heavy atom. The van der Waals surface area contributed by atoms with Crippen LogP contribution in [0.25, 0.3) is 0 Å². The summed E-state index contributed by atoms with van der Waals surface area (Å²) in [7, 11) is 3.72. The summed E-state index contributed by atoms with van der Waals surface area (Å²) in [5, 5.41) is 3.02. The average molecular weight is 97.1 g/mol. The smallest absolute Gasteiger partial charge is 0.0676 e. The van der Waals surface area contributed by atoms with Crippen LogP contribution in [-0.4, -0.2) is 18.1 Å². The van der Waals surface area contributed by atoms with Crippen LogP contribution in [0.3, 0.4) is 0 Å². The molecular formula is C5H9N2. The molecule has 2 nitrogen and oxygen atoms in total. The molecule has 0 unspecified atom stereocenters. The van der Waals surface area contributed by atoms with E-state index >= 15 is 0 Å². The summed E-state index contributed by atoms with van der Waals surface area (Å²) in [6.45, 7) is 1.84. The topological polar surface area (TPSA) is 15.3 Å². The van der Waals surface area contributed by atoms with Crippen molar-refractivity contribution < 1.29 is 0 Å². The number of hydrogen-bond acceptors (Lipinski definition) is 2. The van der Waals surface area contributed by atoms with Crippen LogP contribution in [-0.2, 0) is 0 Å². The zero-order valence-electron chi connectivity index (χ0n) is 4.22. The highest BCUT2D eigenvalue weighted by Crippen LogP contribution is 1.86. The fourth-order valence-corrected chi connectivity index (χ4v) is 0.531. The normalized spacial score (nSPS) is 21.9. The van der Waals surface area contributed by atoms with Crippen molar-refractivity contribution in [2.75, 3.05) is 13.2 Å². The van der Waals surface area contributed by atoms with Crippen molar-refractivity contribution >= 4 is 0 Å². The van der Waals surface area contributed by atoms with Crippen LogP contribution in [0.15, 0.2) is 12.3 Å². The van der Waals surface area contributed by atoms with Gasteiger partial charge in [0.1, 0.15) is 0 Å². The first-order chi connectivity index (χ1) is 3.39. The molecule has 7 heavy (non-hydrogen) atoms. The molecule has 0 aromatic heterocycles. The molecule has 1 heterocycles. The average Bonchev–Trinajstić information content (AvgIpc) is 1.69. The molecule has 1 rings (SSSR count). The maximum absolute atomic E-state index is 3.72. The molecule has 1 aliphatic rings. The van der Waals surface area contributed by atoms with Gasteiger partial charge in [0, 0.05) is 13.6 Å². The van der Waals surface area contributed by atoms with Gasteiger partial charge in [-0.1, -0.05) is 6.08 Å². The molecule has 0 fully saturated rings. The summed E-state index contributed by atoms with van der Waals surface area (Å²) < 4.78 is 0. The molecule has 0 spiro atoms. The molecule has 1 aliphatic heterocycles. The second-order valence-corrected chi connectivity index (χ2v) is 1.62. The van der Waals surface area contributed by atoms with Crippen LogP contribution in [0.4, 0.5) is 0 Å². The minimum Gasteiger partial charge on any atom is -0.378 e. The molecule has 0 saturated carbocycles. The van der Waals surface area contributed by atoms with Crippen LogP contribution in [0.1, 0.15) is 0 Å². The predicted molar refractivity (Wildman–Crippen MR) is 29.2 cm³/mol. The summed E-state index contributed by atoms with van der Waals surface area (Å²) in [4.78, 5) is 1.94. The molecular weight excluding hydrogens is 88.1 g/mol. The molecule has 1 N–H and O–H groups in total. The largest absolute Gasteiger partial charge is 0.378 e. The van der Waals surface area contributed by atoms with Gasteiger partial charge in [-0.05, 0) is 6.20 Å². The highest BCUT2D eigenvalue weighted by atomic mass is 15.2. The van der Waals surface area contributed by atoms with E-state index in [1.807, 2.05) is 17.2 Å². The Morgan fingerprint density at radius 3 is 2.86 bits per heavy atom. The zero-order chi connectivity index (χ0) is 5.11. The van der Waals surface area contributed by atoms with Crippen LogP contribution in [0, 0.1) is 7.05 Å². The lowest BCUT2D eigenvalue weighted by Gasteiger charge is -2.17. The first kappa shape index (κ1) is 4.65. The summed E-state index contributed by atoms with van der Waals surface area (Å²) in [6, 6.07) is 0. The number of rotatable bonds is 0. The van der Waals surface area contributed by atoms with E-state index in [1.165, 1.54) is 0 Å². The Kier molecular flexibility index (Phi) is 1.32. The standard InChI is InChI=1S/C5H9N2/c1-7-4-2-3-6-5-7/h2-3,6H,1,4-5H2. The molecule has 0 aromatic carbocycles. The Bertz CT molecular complexity index is 78.1. The fraction of sp³-hybridized carbons (Fsp3) is 0.400. The molecule has 2 heteroatoms. The Hall–Kier alpha value is -0.500. The van der Waals surface area contributed by atoms with Gasteiger partial charge in [-0.25, -0.2) is 0 Å². The highest BCUT2D eigenvalue weighted by molar-refractivity contribution is 4.86. The third-order valence-corrected chi connectivity index (χ3v) is 0.914. The van der Waals surface area contributed by atoms with E-state index in [-0.39, 0.29) is 0 Å². The molecule has 39 valence electrons. The maximum atomic E-state index is 3.72. The lowest BCUT2D eigenvalue weighted by Crippen LogP contribution is -2.30. The van der Waals surface area contributed by atoms with Gasteiger partial charge in [0.15, 0.2) is 0 Å². The van der Waals surface area contributed by atoms with Crippen LogP contribution in [0.5, 0.6) is 0 Å². The fourth-order valence-electron chi connectivity index (χ4n) is 0.531. The summed E-state index contributed by atoms with van der Waals surface area (Å²) in [5.74, 6) is 0. The number of nitrogens with zero attached hydrogens (tertiary/aromatic N) is 1. The van der Waals surface area contributed by atoms with Crippen LogP contribution < -0.4 is 5.32 Å². The number of nitrogens with one attached hydrogen (secondary N) is 1. The van der Waals surface area contributed by atoms with Gasteiger partial charge >= 0.3 is 0 Å². The second-order valence-electron chi connectivity index (χ2n) is 1.62. The van der Waals surface area contributed by atoms with E-state index < -0.39 is 0 Å². The predicted octanol–water partition coefficient (Wildman–Crippen LogP) is 0.154. The molecule has 0 aliphatic carbocycles. The van der Waals surface area contributed by atoms with Crippen molar-refractivity contribution in [3.8, 4) is 0 Å². The SMILES string of the molecule is [CH2]N1CC=CNC1. The van der Waals surface area contributed by atoms with E-state index in [0.29, 0.717) is 0 Å². The highest BCUT2D eigenvalue weighted by Gasteiger charge is 1.94. The maximum Gasteiger partial charge on any atom is 0.0676 e. The summed E-state index contributed by atoms with van der Waals surface area (Å²) in [6.07, 6.45) is 3.98. The third kappa shape index (κ3) is 1.20. The Morgan fingerprint density at radius 1 is 1.71 bits per heavy atom. The van der Waals surface area contributed by atoms with Crippen molar-refractivity contribution in [3.05, 3.63) is 19.3 Å². The van der Waals surface area contributed by atoms with E-state index in [4.69, 9.17) is 0 Å². The Balaban J connectivity index is 2.32. The van der Waals surface area contributed by atoms with Crippen LogP contribution in [0.2, 0.25) is 0 Å². The molecule has 0 amide bonds.